The molecule has 1 aromatic rings. The van der Waals surface area contributed by atoms with E-state index in [2.05, 4.69) is 51.8 Å². The van der Waals surface area contributed by atoms with Gasteiger partial charge in [0, 0.05) is 50.4 Å². The van der Waals surface area contributed by atoms with Gasteiger partial charge in [-0.25, -0.2) is 0 Å². The van der Waals surface area contributed by atoms with Gasteiger partial charge in [0.15, 0.2) is 0 Å². The highest BCUT2D eigenvalue weighted by Crippen LogP contribution is 2.34. The minimum atomic E-state index is -0.0589. The molecule has 0 aromatic heterocycles. The standard InChI is InChI=1S/C24H39N3O2/c1-16(2)17(3)27(23(29)18-9-10-18)15-19-13-20(11-12-21(19)26(7)8)25-22(28)14-24(4,5)6/h11-13,16-18H,9-10,14-15H2,1-8H3,(H,25,28)/t17-/m1/s1. The second-order valence-corrected chi connectivity index (χ2v) is 10.2. The van der Waals surface area contributed by atoms with Crippen molar-refractivity contribution in [2.45, 2.75) is 73.4 Å². The molecular formula is C24H39N3O2. The molecule has 0 heterocycles. The zero-order chi connectivity index (χ0) is 21.9. The maximum absolute atomic E-state index is 13.0. The van der Waals surface area contributed by atoms with Crippen LogP contribution in [0.25, 0.3) is 0 Å². The number of hydrogen-bond acceptors (Lipinski definition) is 3. The first kappa shape index (κ1) is 23.2. The van der Waals surface area contributed by atoms with Crippen LogP contribution in [0.5, 0.6) is 0 Å². The van der Waals surface area contributed by atoms with E-state index < -0.39 is 0 Å². The van der Waals surface area contributed by atoms with Crippen molar-refractivity contribution < 1.29 is 9.59 Å². The Hall–Kier alpha value is -2.04. The van der Waals surface area contributed by atoms with Crippen LogP contribution in [0, 0.1) is 17.3 Å². The number of anilines is 2. The molecule has 5 heteroatoms. The quantitative estimate of drug-likeness (QED) is 0.673. The number of amides is 2. The Balaban J connectivity index is 2.29. The fourth-order valence-corrected chi connectivity index (χ4v) is 3.44. The van der Waals surface area contributed by atoms with Gasteiger partial charge in [-0.2, -0.15) is 0 Å². The highest BCUT2D eigenvalue weighted by molar-refractivity contribution is 5.91. The summed E-state index contributed by atoms with van der Waals surface area (Å²) in [5, 5.41) is 3.03. The van der Waals surface area contributed by atoms with Crippen molar-refractivity contribution in [2.24, 2.45) is 17.3 Å². The molecular weight excluding hydrogens is 362 g/mol. The number of carbonyl (C=O) groups is 2. The molecule has 0 bridgehead atoms. The van der Waals surface area contributed by atoms with Gasteiger partial charge in [-0.15, -0.1) is 0 Å². The summed E-state index contributed by atoms with van der Waals surface area (Å²) in [5.74, 6) is 0.851. The van der Waals surface area contributed by atoms with Crippen LogP contribution in [0.15, 0.2) is 18.2 Å². The zero-order valence-electron chi connectivity index (χ0n) is 19.5. The largest absolute Gasteiger partial charge is 0.377 e. The molecule has 0 saturated heterocycles. The van der Waals surface area contributed by atoms with E-state index in [4.69, 9.17) is 0 Å². The van der Waals surface area contributed by atoms with Crippen molar-refractivity contribution in [1.82, 2.24) is 4.90 Å². The Morgan fingerprint density at radius 3 is 2.24 bits per heavy atom. The van der Waals surface area contributed by atoms with E-state index in [0.717, 1.165) is 29.8 Å². The number of nitrogens with one attached hydrogen (secondary N) is 1. The Morgan fingerprint density at radius 2 is 1.76 bits per heavy atom. The summed E-state index contributed by atoms with van der Waals surface area (Å²) in [4.78, 5) is 29.5. The molecule has 0 unspecified atom stereocenters. The van der Waals surface area contributed by atoms with Gasteiger partial charge in [0.1, 0.15) is 0 Å². The maximum atomic E-state index is 13.0. The summed E-state index contributed by atoms with van der Waals surface area (Å²) in [6, 6.07) is 6.16. The zero-order valence-corrected chi connectivity index (χ0v) is 19.5. The molecule has 1 aliphatic rings. The molecule has 1 aliphatic carbocycles. The van der Waals surface area contributed by atoms with E-state index in [1.54, 1.807) is 0 Å². The van der Waals surface area contributed by atoms with Crippen LogP contribution in [0.3, 0.4) is 0 Å². The van der Waals surface area contributed by atoms with Crippen molar-refractivity contribution in [3.8, 4) is 0 Å². The second-order valence-electron chi connectivity index (χ2n) is 10.2. The number of carbonyl (C=O) groups excluding carboxylic acids is 2. The molecule has 1 saturated carbocycles. The van der Waals surface area contributed by atoms with Gasteiger partial charge in [0.2, 0.25) is 11.8 Å². The fraction of sp³-hybridized carbons (Fsp3) is 0.667. The number of rotatable bonds is 8. The molecule has 2 rings (SSSR count). The first-order chi connectivity index (χ1) is 13.4. The number of hydrogen-bond donors (Lipinski definition) is 1. The van der Waals surface area contributed by atoms with Crippen LogP contribution in [0.4, 0.5) is 11.4 Å². The Kier molecular flexibility index (Phi) is 7.36. The van der Waals surface area contributed by atoms with Crippen molar-refractivity contribution in [2.75, 3.05) is 24.3 Å². The Morgan fingerprint density at radius 1 is 1.14 bits per heavy atom. The monoisotopic (exact) mass is 401 g/mol. The number of nitrogens with zero attached hydrogens (tertiary/aromatic N) is 2. The van der Waals surface area contributed by atoms with Crippen LogP contribution in [-0.4, -0.2) is 36.9 Å². The highest BCUT2D eigenvalue weighted by Gasteiger charge is 2.36. The average molecular weight is 402 g/mol. The van der Waals surface area contributed by atoms with Crippen LogP contribution >= 0.6 is 0 Å². The molecule has 0 radical (unpaired) electrons. The van der Waals surface area contributed by atoms with E-state index in [1.165, 1.54) is 0 Å². The third-order valence-corrected chi connectivity index (χ3v) is 5.54. The summed E-state index contributed by atoms with van der Waals surface area (Å²) < 4.78 is 0. The lowest BCUT2D eigenvalue weighted by molar-refractivity contribution is -0.136. The molecule has 1 fully saturated rings. The second kappa shape index (κ2) is 9.19. The van der Waals surface area contributed by atoms with Gasteiger partial charge in [-0.1, -0.05) is 34.6 Å². The van der Waals surface area contributed by atoms with Crippen molar-refractivity contribution in [1.29, 1.82) is 0 Å². The van der Waals surface area contributed by atoms with Crippen molar-refractivity contribution >= 4 is 23.2 Å². The van der Waals surface area contributed by atoms with Gasteiger partial charge in [0.05, 0.1) is 0 Å². The van der Waals surface area contributed by atoms with E-state index in [0.29, 0.717) is 18.9 Å². The first-order valence-electron chi connectivity index (χ1n) is 10.8. The minimum Gasteiger partial charge on any atom is -0.377 e. The maximum Gasteiger partial charge on any atom is 0.226 e. The highest BCUT2D eigenvalue weighted by atomic mass is 16.2. The lowest BCUT2D eigenvalue weighted by Gasteiger charge is -2.33. The van der Waals surface area contributed by atoms with Gasteiger partial charge < -0.3 is 15.1 Å². The summed E-state index contributed by atoms with van der Waals surface area (Å²) in [6.07, 6.45) is 2.47. The van der Waals surface area contributed by atoms with Crippen molar-refractivity contribution in [3.63, 3.8) is 0 Å². The summed E-state index contributed by atoms with van der Waals surface area (Å²) >= 11 is 0. The lowest BCUT2D eigenvalue weighted by atomic mass is 9.92. The lowest BCUT2D eigenvalue weighted by Crippen LogP contribution is -2.42. The number of benzene rings is 1. The van der Waals surface area contributed by atoms with Crippen LogP contribution in [-0.2, 0) is 16.1 Å². The fourth-order valence-electron chi connectivity index (χ4n) is 3.44. The molecule has 5 nitrogen and oxygen atoms in total. The van der Waals surface area contributed by atoms with Gasteiger partial charge in [0.25, 0.3) is 0 Å². The van der Waals surface area contributed by atoms with E-state index in [1.807, 2.05) is 37.2 Å². The summed E-state index contributed by atoms with van der Waals surface area (Å²) in [7, 11) is 4.02. The van der Waals surface area contributed by atoms with Crippen LogP contribution in [0.1, 0.15) is 66.4 Å². The van der Waals surface area contributed by atoms with E-state index in [-0.39, 0.29) is 29.2 Å². The van der Waals surface area contributed by atoms with Gasteiger partial charge >= 0.3 is 0 Å². The third kappa shape index (κ3) is 6.76. The Labute approximate surface area is 176 Å². The Bertz CT molecular complexity index is 730. The van der Waals surface area contributed by atoms with Crippen molar-refractivity contribution in [3.05, 3.63) is 23.8 Å². The van der Waals surface area contributed by atoms with Crippen LogP contribution in [0.2, 0.25) is 0 Å². The molecule has 1 aromatic carbocycles. The smallest absolute Gasteiger partial charge is 0.226 e. The van der Waals surface area contributed by atoms with E-state index in [9.17, 15) is 9.59 Å². The van der Waals surface area contributed by atoms with Gasteiger partial charge in [-0.05, 0) is 54.9 Å². The predicted molar refractivity (Wildman–Crippen MR) is 121 cm³/mol. The SMILES string of the molecule is CC(C)[C@@H](C)N(Cc1cc(NC(=O)CC(C)(C)C)ccc1N(C)C)C(=O)C1CC1. The molecule has 0 aliphatic heterocycles. The third-order valence-electron chi connectivity index (χ3n) is 5.54. The minimum absolute atomic E-state index is 0.0162. The van der Waals surface area contributed by atoms with E-state index >= 15 is 0 Å². The normalized spacial score (nSPS) is 15.2. The predicted octanol–water partition coefficient (Wildman–Crippen LogP) is 4.91. The molecule has 29 heavy (non-hydrogen) atoms. The summed E-state index contributed by atoms with van der Waals surface area (Å²) in [6.45, 7) is 13.2. The molecule has 0 spiro atoms. The van der Waals surface area contributed by atoms with Crippen LogP contribution < -0.4 is 10.2 Å². The molecule has 162 valence electrons. The molecule has 2 amide bonds. The van der Waals surface area contributed by atoms with Gasteiger partial charge in [-0.3, -0.25) is 9.59 Å². The topological polar surface area (TPSA) is 52.7 Å². The molecule has 1 atom stereocenters. The average Bonchev–Trinajstić information content (AvgIpc) is 3.41. The molecule has 1 N–H and O–H groups in total. The summed E-state index contributed by atoms with van der Waals surface area (Å²) in [5.41, 5.74) is 2.86. The first-order valence-corrected chi connectivity index (χ1v) is 10.8.